The van der Waals surface area contributed by atoms with Crippen molar-refractivity contribution < 1.29 is 22.8 Å². The predicted octanol–water partition coefficient (Wildman–Crippen LogP) is 1.44. The highest BCUT2D eigenvalue weighted by atomic mass is 32.2. The van der Waals surface area contributed by atoms with E-state index in [0.717, 1.165) is 0 Å². The molecule has 0 atom stereocenters. The molecule has 21 heavy (non-hydrogen) atoms. The summed E-state index contributed by atoms with van der Waals surface area (Å²) in [6.45, 7) is 0.341. The molecule has 1 aromatic rings. The van der Waals surface area contributed by atoms with E-state index in [4.69, 9.17) is 14.6 Å². The number of hydrogen-bond donors (Lipinski definition) is 1. The smallest absolute Gasteiger partial charge is 0.314 e. The second-order valence-electron chi connectivity index (χ2n) is 4.37. The number of benzene rings is 1. The molecule has 0 bridgehead atoms. The fraction of sp³-hybridized carbons (Fsp3) is 0.500. The Hall–Kier alpha value is -1.87. The summed E-state index contributed by atoms with van der Waals surface area (Å²) in [5.41, 5.74) is -0.163. The van der Waals surface area contributed by atoms with Gasteiger partial charge in [-0.3, -0.25) is 10.1 Å². The summed E-state index contributed by atoms with van der Waals surface area (Å²) < 4.78 is 31.7. The number of ether oxygens (including phenoxy) is 2. The largest absolute Gasteiger partial charge is 0.493 e. The molecule has 9 heteroatoms. The van der Waals surface area contributed by atoms with E-state index < -0.39 is 14.9 Å². The van der Waals surface area contributed by atoms with Crippen LogP contribution in [-0.2, 0) is 10.0 Å². The van der Waals surface area contributed by atoms with Crippen LogP contribution in [0.15, 0.2) is 18.2 Å². The van der Waals surface area contributed by atoms with Crippen LogP contribution in [0.2, 0.25) is 0 Å². The molecule has 0 unspecified atom stereocenters. The molecule has 0 fully saturated rings. The molecular formula is C12H18N2O6S. The lowest BCUT2D eigenvalue weighted by Gasteiger charge is -2.07. The zero-order chi connectivity index (χ0) is 15.9. The van der Waals surface area contributed by atoms with Gasteiger partial charge in [0.1, 0.15) is 5.75 Å². The van der Waals surface area contributed by atoms with Crippen molar-refractivity contribution in [3.63, 3.8) is 0 Å². The van der Waals surface area contributed by atoms with Crippen LogP contribution in [0, 0.1) is 10.1 Å². The highest BCUT2D eigenvalue weighted by Gasteiger charge is 2.15. The molecule has 2 N–H and O–H groups in total. The molecular weight excluding hydrogens is 300 g/mol. The molecule has 0 aliphatic carbocycles. The van der Waals surface area contributed by atoms with Crippen molar-refractivity contribution in [3.8, 4) is 11.5 Å². The minimum absolute atomic E-state index is 0.0546. The third kappa shape index (κ3) is 6.41. The standard InChI is InChI=1S/C12H18N2O6S/c1-19-12-6-5-10(9-11(12)14(15)16)20-7-3-2-4-8-21(13,17)18/h5-6,9H,2-4,7-8H2,1H3,(H2,13,17,18). The Morgan fingerprint density at radius 3 is 2.57 bits per heavy atom. The topological polar surface area (TPSA) is 122 Å². The van der Waals surface area contributed by atoms with Crippen molar-refractivity contribution in [1.82, 2.24) is 0 Å². The Morgan fingerprint density at radius 1 is 1.29 bits per heavy atom. The number of unbranched alkanes of at least 4 members (excludes halogenated alkanes) is 2. The lowest BCUT2D eigenvalue weighted by Crippen LogP contribution is -2.16. The van der Waals surface area contributed by atoms with E-state index in [1.54, 1.807) is 6.07 Å². The van der Waals surface area contributed by atoms with Gasteiger partial charge in [0.2, 0.25) is 10.0 Å². The molecule has 8 nitrogen and oxygen atoms in total. The average Bonchev–Trinajstić information content (AvgIpc) is 2.41. The molecule has 0 aromatic heterocycles. The maximum absolute atomic E-state index is 10.8. The zero-order valence-electron chi connectivity index (χ0n) is 11.6. The molecule has 0 radical (unpaired) electrons. The third-order valence-electron chi connectivity index (χ3n) is 2.69. The summed E-state index contributed by atoms with van der Waals surface area (Å²) >= 11 is 0. The maximum Gasteiger partial charge on any atom is 0.314 e. The van der Waals surface area contributed by atoms with Crippen molar-refractivity contribution in [2.45, 2.75) is 19.3 Å². The number of nitro groups is 1. The molecule has 0 saturated heterocycles. The van der Waals surface area contributed by atoms with E-state index >= 15 is 0 Å². The molecule has 0 aliphatic rings. The van der Waals surface area contributed by atoms with Crippen molar-refractivity contribution in [3.05, 3.63) is 28.3 Å². The summed E-state index contributed by atoms with van der Waals surface area (Å²) in [7, 11) is -2.06. The number of nitrogens with zero attached hydrogens (tertiary/aromatic N) is 1. The van der Waals surface area contributed by atoms with Crippen LogP contribution in [0.25, 0.3) is 0 Å². The van der Waals surface area contributed by atoms with Crippen LogP contribution in [0.1, 0.15) is 19.3 Å². The number of primary sulfonamides is 1. The van der Waals surface area contributed by atoms with Crippen molar-refractivity contribution in [1.29, 1.82) is 0 Å². The first-order valence-corrected chi connectivity index (χ1v) is 8.01. The first-order valence-electron chi connectivity index (χ1n) is 6.29. The molecule has 118 valence electrons. The lowest BCUT2D eigenvalue weighted by molar-refractivity contribution is -0.385. The Kier molecular flexibility index (Phi) is 6.38. The highest BCUT2D eigenvalue weighted by Crippen LogP contribution is 2.30. The van der Waals surface area contributed by atoms with Crippen molar-refractivity contribution in [2.75, 3.05) is 19.5 Å². The first-order chi connectivity index (χ1) is 9.83. The third-order valence-corrected chi connectivity index (χ3v) is 3.55. The van der Waals surface area contributed by atoms with Gasteiger partial charge in [-0.2, -0.15) is 0 Å². The molecule has 0 heterocycles. The summed E-state index contributed by atoms with van der Waals surface area (Å²) in [5, 5.41) is 15.7. The minimum Gasteiger partial charge on any atom is -0.493 e. The van der Waals surface area contributed by atoms with Gasteiger partial charge in [0.05, 0.1) is 30.5 Å². The number of rotatable bonds is 9. The van der Waals surface area contributed by atoms with Gasteiger partial charge in [0.15, 0.2) is 5.75 Å². The number of hydrogen-bond acceptors (Lipinski definition) is 6. The van der Waals surface area contributed by atoms with Gasteiger partial charge in [0, 0.05) is 0 Å². The van der Waals surface area contributed by atoms with E-state index in [1.807, 2.05) is 0 Å². The maximum atomic E-state index is 10.8. The SMILES string of the molecule is COc1ccc(OCCCCCS(N)(=O)=O)cc1[N+](=O)[O-]. The van der Waals surface area contributed by atoms with Crippen LogP contribution in [0.5, 0.6) is 11.5 Å². The number of sulfonamides is 1. The van der Waals surface area contributed by atoms with E-state index in [-0.39, 0.29) is 17.2 Å². The van der Waals surface area contributed by atoms with Crippen molar-refractivity contribution >= 4 is 15.7 Å². The van der Waals surface area contributed by atoms with E-state index in [0.29, 0.717) is 31.6 Å². The Morgan fingerprint density at radius 2 is 2.00 bits per heavy atom. The molecule has 1 aromatic carbocycles. The van der Waals surface area contributed by atoms with Gasteiger partial charge in [-0.15, -0.1) is 0 Å². The fourth-order valence-electron chi connectivity index (χ4n) is 1.67. The number of methoxy groups -OCH3 is 1. The Balaban J connectivity index is 2.42. The molecule has 1 rings (SSSR count). The van der Waals surface area contributed by atoms with Gasteiger partial charge in [-0.1, -0.05) is 0 Å². The highest BCUT2D eigenvalue weighted by molar-refractivity contribution is 7.89. The molecule has 0 aliphatic heterocycles. The molecule has 0 spiro atoms. The fourth-order valence-corrected chi connectivity index (χ4v) is 2.28. The average molecular weight is 318 g/mol. The summed E-state index contributed by atoms with van der Waals surface area (Å²) in [6, 6.07) is 4.34. The second kappa shape index (κ2) is 7.79. The van der Waals surface area contributed by atoms with Crippen LogP contribution in [0.4, 0.5) is 5.69 Å². The van der Waals surface area contributed by atoms with E-state index in [9.17, 15) is 18.5 Å². The van der Waals surface area contributed by atoms with Gasteiger partial charge in [-0.05, 0) is 31.4 Å². The van der Waals surface area contributed by atoms with Crippen LogP contribution in [-0.4, -0.2) is 32.8 Å². The van der Waals surface area contributed by atoms with E-state index in [1.165, 1.54) is 19.2 Å². The van der Waals surface area contributed by atoms with E-state index in [2.05, 4.69) is 0 Å². The normalized spacial score (nSPS) is 11.1. The second-order valence-corrected chi connectivity index (χ2v) is 6.10. The summed E-state index contributed by atoms with van der Waals surface area (Å²) in [4.78, 5) is 10.3. The first kappa shape index (κ1) is 17.2. The Bertz CT molecular complexity index is 587. The monoisotopic (exact) mass is 318 g/mol. The lowest BCUT2D eigenvalue weighted by atomic mass is 10.2. The number of nitrogens with two attached hydrogens (primary N) is 1. The summed E-state index contributed by atoms with van der Waals surface area (Å²) in [6.07, 6.45) is 1.75. The van der Waals surface area contributed by atoms with Gasteiger partial charge in [0.25, 0.3) is 0 Å². The van der Waals surface area contributed by atoms with Crippen molar-refractivity contribution in [2.24, 2.45) is 5.14 Å². The summed E-state index contributed by atoms with van der Waals surface area (Å²) in [5.74, 6) is 0.482. The Labute approximate surface area is 123 Å². The number of nitro benzene ring substituents is 1. The molecule has 0 saturated carbocycles. The van der Waals surface area contributed by atoms with Gasteiger partial charge >= 0.3 is 5.69 Å². The van der Waals surface area contributed by atoms with Gasteiger partial charge < -0.3 is 9.47 Å². The van der Waals surface area contributed by atoms with Crippen LogP contribution >= 0.6 is 0 Å². The predicted molar refractivity (Wildman–Crippen MR) is 77.0 cm³/mol. The minimum atomic E-state index is -3.42. The molecule has 0 amide bonds. The zero-order valence-corrected chi connectivity index (χ0v) is 12.5. The van der Waals surface area contributed by atoms with Crippen LogP contribution in [0.3, 0.4) is 0 Å². The quantitative estimate of drug-likeness (QED) is 0.417. The van der Waals surface area contributed by atoms with Gasteiger partial charge in [-0.25, -0.2) is 13.6 Å². The van der Waals surface area contributed by atoms with Crippen LogP contribution < -0.4 is 14.6 Å².